The number of fused-ring (bicyclic) bond motifs is 2. The zero-order valence-corrected chi connectivity index (χ0v) is 18.2. The Labute approximate surface area is 186 Å². The van der Waals surface area contributed by atoms with Gasteiger partial charge in [0, 0.05) is 37.2 Å². The van der Waals surface area contributed by atoms with Crippen LogP contribution >= 0.6 is 11.3 Å². The highest BCUT2D eigenvalue weighted by molar-refractivity contribution is 7.16. The number of hydrogen-bond acceptors (Lipinski definition) is 7. The first-order valence-corrected chi connectivity index (χ1v) is 11.1. The molecule has 11 heteroatoms. The van der Waals surface area contributed by atoms with Crippen molar-refractivity contribution in [1.29, 1.82) is 0 Å². The maximum Gasteiger partial charge on any atom is 0.294 e. The highest BCUT2D eigenvalue weighted by Crippen LogP contribution is 2.40. The van der Waals surface area contributed by atoms with Crippen molar-refractivity contribution in [3.8, 4) is 27.2 Å². The van der Waals surface area contributed by atoms with E-state index in [2.05, 4.69) is 15.3 Å². The minimum atomic E-state index is -2.10. The number of phenolic OH excluding ortho intramolecular Hbond substituents is 1. The molecule has 1 N–H and O–H groups in total. The second-order valence-electron chi connectivity index (χ2n) is 8.32. The minimum absolute atomic E-state index is 0.0155. The van der Waals surface area contributed by atoms with E-state index in [4.69, 9.17) is 4.74 Å². The van der Waals surface area contributed by atoms with Gasteiger partial charge in [-0.1, -0.05) is 16.4 Å². The summed E-state index contributed by atoms with van der Waals surface area (Å²) in [5, 5.41) is 23.6. The van der Waals surface area contributed by atoms with Crippen molar-refractivity contribution in [2.24, 2.45) is 0 Å². The molecule has 4 atom stereocenters. The van der Waals surface area contributed by atoms with E-state index in [1.165, 1.54) is 0 Å². The predicted octanol–water partition coefficient (Wildman–Crippen LogP) is 3.64. The van der Waals surface area contributed by atoms with Gasteiger partial charge in [-0.05, 0) is 32.2 Å². The van der Waals surface area contributed by atoms with Gasteiger partial charge in [-0.15, -0.1) is 5.10 Å². The lowest BCUT2D eigenvalue weighted by molar-refractivity contribution is -0.115. The van der Waals surface area contributed by atoms with Gasteiger partial charge in [-0.3, -0.25) is 4.90 Å². The van der Waals surface area contributed by atoms with Crippen LogP contribution in [0.1, 0.15) is 18.5 Å². The number of piperidine rings is 2. The molecule has 0 aliphatic carbocycles. The number of benzene rings is 1. The lowest BCUT2D eigenvalue weighted by Gasteiger charge is -2.50. The topological polar surface area (TPSA) is 76.3 Å². The summed E-state index contributed by atoms with van der Waals surface area (Å²) in [5.74, 6) is 0.0155. The molecule has 0 radical (unpaired) electrons. The smallest absolute Gasteiger partial charge is 0.294 e. The molecule has 0 amide bonds. The maximum absolute atomic E-state index is 14.3. The number of ether oxygens (including phenoxy) is 1. The van der Waals surface area contributed by atoms with Crippen molar-refractivity contribution < 1.29 is 23.0 Å². The molecule has 2 saturated heterocycles. The van der Waals surface area contributed by atoms with Gasteiger partial charge >= 0.3 is 0 Å². The summed E-state index contributed by atoms with van der Waals surface area (Å²) in [6.07, 6.45) is -4.11. The summed E-state index contributed by atoms with van der Waals surface area (Å²) in [6.45, 7) is 1.88. The van der Waals surface area contributed by atoms with E-state index in [-0.39, 0.29) is 23.8 Å². The number of hydrogen-bond donors (Lipinski definition) is 1. The van der Waals surface area contributed by atoms with Gasteiger partial charge < -0.3 is 9.84 Å². The SMILES string of the molecule is Cc1ccn(-c2ccc(-c3nnc(OC4CC5C(F)C(F)C(F)C(C4)N5C)s3)c(O)c2)n1. The molecule has 2 aliphatic heterocycles. The van der Waals surface area contributed by atoms with E-state index in [1.54, 1.807) is 41.0 Å². The normalized spacial score (nSPS) is 30.4. The van der Waals surface area contributed by atoms with Crippen LogP contribution in [0.15, 0.2) is 30.5 Å². The fourth-order valence-corrected chi connectivity index (χ4v) is 5.33. The lowest BCUT2D eigenvalue weighted by Crippen LogP contribution is -2.65. The van der Waals surface area contributed by atoms with E-state index < -0.39 is 36.7 Å². The van der Waals surface area contributed by atoms with Crippen LogP contribution in [0.3, 0.4) is 0 Å². The van der Waals surface area contributed by atoms with E-state index in [1.807, 2.05) is 13.0 Å². The maximum atomic E-state index is 14.3. The second kappa shape index (κ2) is 8.04. The molecule has 4 heterocycles. The van der Waals surface area contributed by atoms with Gasteiger partial charge in [-0.25, -0.2) is 17.9 Å². The standard InChI is InChI=1S/C21H22F3N5O2S/c1-10-5-6-29(27-10)11-3-4-13(16(30)7-11)20-25-26-21(32-20)31-12-8-14-17(22)19(24)18(23)15(9-12)28(14)2/h3-7,12,14-15,17-19,30H,8-9H2,1-2H3. The fraction of sp³-hybridized carbons (Fsp3) is 0.476. The molecule has 2 bridgehead atoms. The Morgan fingerprint density at radius 3 is 2.41 bits per heavy atom. The Balaban J connectivity index is 1.31. The van der Waals surface area contributed by atoms with Crippen molar-refractivity contribution in [3.05, 3.63) is 36.2 Å². The van der Waals surface area contributed by atoms with E-state index in [0.29, 0.717) is 16.3 Å². The van der Waals surface area contributed by atoms with Gasteiger partial charge in [-0.2, -0.15) is 5.10 Å². The number of phenols is 1. The van der Waals surface area contributed by atoms with Crippen molar-refractivity contribution in [1.82, 2.24) is 24.9 Å². The molecule has 0 spiro atoms. The van der Waals surface area contributed by atoms with Crippen molar-refractivity contribution >= 4 is 11.3 Å². The summed E-state index contributed by atoms with van der Waals surface area (Å²) in [5.41, 5.74) is 2.04. The van der Waals surface area contributed by atoms with Crippen LogP contribution in [-0.4, -0.2) is 73.7 Å². The third-order valence-electron chi connectivity index (χ3n) is 6.27. The van der Waals surface area contributed by atoms with Gasteiger partial charge in [0.05, 0.1) is 16.9 Å². The van der Waals surface area contributed by atoms with Crippen molar-refractivity contribution in [2.45, 2.75) is 56.5 Å². The molecule has 3 aromatic rings. The Hall–Kier alpha value is -2.66. The quantitative estimate of drug-likeness (QED) is 0.634. The minimum Gasteiger partial charge on any atom is -0.507 e. The first-order chi connectivity index (χ1) is 15.3. The molecular formula is C21H22F3N5O2S. The van der Waals surface area contributed by atoms with Gasteiger partial charge in [0.1, 0.15) is 24.2 Å². The fourth-order valence-electron chi connectivity index (χ4n) is 4.53. The first kappa shape index (κ1) is 21.2. The van der Waals surface area contributed by atoms with E-state index in [0.717, 1.165) is 17.0 Å². The molecule has 2 aromatic heterocycles. The van der Waals surface area contributed by atoms with Crippen LogP contribution in [0.4, 0.5) is 13.2 Å². The number of rotatable bonds is 4. The summed E-state index contributed by atoms with van der Waals surface area (Å²) in [4.78, 5) is 1.58. The van der Waals surface area contributed by atoms with Crippen LogP contribution in [0.25, 0.3) is 16.3 Å². The number of aromatic nitrogens is 4. The molecule has 1 aromatic carbocycles. The number of aromatic hydroxyl groups is 1. The van der Waals surface area contributed by atoms with Crippen molar-refractivity contribution in [3.63, 3.8) is 0 Å². The van der Waals surface area contributed by atoms with Crippen molar-refractivity contribution in [2.75, 3.05) is 7.05 Å². The molecule has 32 heavy (non-hydrogen) atoms. The first-order valence-electron chi connectivity index (χ1n) is 10.3. The summed E-state index contributed by atoms with van der Waals surface area (Å²) in [6, 6.07) is 5.48. The second-order valence-corrected chi connectivity index (χ2v) is 9.26. The highest BCUT2D eigenvalue weighted by atomic mass is 32.1. The summed E-state index contributed by atoms with van der Waals surface area (Å²) in [7, 11) is 1.62. The highest BCUT2D eigenvalue weighted by Gasteiger charge is 2.53. The van der Waals surface area contributed by atoms with Gasteiger partial charge in [0.2, 0.25) is 0 Å². The lowest BCUT2D eigenvalue weighted by atomic mass is 9.80. The van der Waals surface area contributed by atoms with Crippen LogP contribution in [-0.2, 0) is 0 Å². The third kappa shape index (κ3) is 3.62. The van der Waals surface area contributed by atoms with Gasteiger partial charge in [0.15, 0.2) is 11.2 Å². The zero-order chi connectivity index (χ0) is 22.6. The van der Waals surface area contributed by atoms with Crippen LogP contribution < -0.4 is 4.74 Å². The third-order valence-corrected chi connectivity index (χ3v) is 7.12. The Morgan fingerprint density at radius 1 is 1.06 bits per heavy atom. The number of halogens is 3. The summed E-state index contributed by atoms with van der Waals surface area (Å²) < 4.78 is 50.1. The molecule has 0 saturated carbocycles. The number of nitrogens with zero attached hydrogens (tertiary/aromatic N) is 5. The number of aryl methyl sites for hydroxylation is 1. The zero-order valence-electron chi connectivity index (χ0n) is 17.4. The molecular weight excluding hydrogens is 443 g/mol. The Morgan fingerprint density at radius 2 is 1.78 bits per heavy atom. The summed E-state index contributed by atoms with van der Waals surface area (Å²) >= 11 is 1.13. The molecule has 2 fully saturated rings. The molecule has 2 aliphatic rings. The Kier molecular flexibility index (Phi) is 5.32. The molecule has 5 rings (SSSR count). The largest absolute Gasteiger partial charge is 0.507 e. The average molecular weight is 466 g/mol. The molecule has 170 valence electrons. The predicted molar refractivity (Wildman–Crippen MR) is 113 cm³/mol. The van der Waals surface area contributed by atoms with Crippen LogP contribution in [0.2, 0.25) is 0 Å². The van der Waals surface area contributed by atoms with Gasteiger partial charge in [0.25, 0.3) is 5.19 Å². The molecule has 7 nitrogen and oxygen atoms in total. The van der Waals surface area contributed by atoms with E-state index >= 15 is 0 Å². The Bertz CT molecular complexity index is 1100. The number of alkyl halides is 3. The van der Waals surface area contributed by atoms with Crippen LogP contribution in [0, 0.1) is 6.92 Å². The average Bonchev–Trinajstić information content (AvgIpc) is 3.41. The van der Waals surface area contributed by atoms with E-state index in [9.17, 15) is 18.3 Å². The molecule has 4 unspecified atom stereocenters. The monoisotopic (exact) mass is 465 g/mol. The van der Waals surface area contributed by atoms with Crippen LogP contribution in [0.5, 0.6) is 10.9 Å².